The van der Waals surface area contributed by atoms with Crippen LogP contribution in [0.25, 0.3) is 11.0 Å². The molecule has 5 unspecified atom stereocenters. The Labute approximate surface area is 247 Å². The molecule has 6 atom stereocenters. The van der Waals surface area contributed by atoms with Gasteiger partial charge in [0.1, 0.15) is 11.5 Å². The number of nitrogens with one attached hydrogen (secondary N) is 1. The number of aliphatic hydroxyl groups is 1. The number of pyridine rings is 1. The number of rotatable bonds is 4. The van der Waals surface area contributed by atoms with Crippen molar-refractivity contribution < 1.29 is 14.3 Å². The smallest absolute Gasteiger partial charge is 0.333 e. The van der Waals surface area contributed by atoms with Crippen LogP contribution in [0.1, 0.15) is 95.6 Å². The highest BCUT2D eigenvalue weighted by Crippen LogP contribution is 2.87. The number of aromatic nitrogens is 3. The Kier molecular flexibility index (Phi) is 5.30. The van der Waals surface area contributed by atoms with Crippen molar-refractivity contribution in [3.05, 3.63) is 38.9 Å². The van der Waals surface area contributed by atoms with Crippen molar-refractivity contribution in [2.45, 2.75) is 107 Å². The van der Waals surface area contributed by atoms with E-state index >= 15 is 0 Å². The fourth-order valence-electron chi connectivity index (χ4n) is 12.2. The topological polar surface area (TPSA) is 106 Å². The van der Waals surface area contributed by atoms with Gasteiger partial charge in [-0.1, -0.05) is 0 Å². The second-order valence-electron chi connectivity index (χ2n) is 15.4. The van der Waals surface area contributed by atoms with E-state index in [1.165, 1.54) is 17.1 Å². The first-order valence-corrected chi connectivity index (χ1v) is 17.2. The lowest BCUT2D eigenvalue weighted by Gasteiger charge is -2.49. The molecule has 1 amide bonds. The van der Waals surface area contributed by atoms with Crippen LogP contribution in [0.4, 0.5) is 4.39 Å². The number of hydrogen-bond donors (Lipinski definition) is 2. The van der Waals surface area contributed by atoms with Crippen LogP contribution in [-0.4, -0.2) is 48.3 Å². The van der Waals surface area contributed by atoms with E-state index in [9.17, 15) is 23.9 Å². The minimum absolute atomic E-state index is 0.0299. The summed E-state index contributed by atoms with van der Waals surface area (Å²) in [6.07, 6.45) is 12.2. The van der Waals surface area contributed by atoms with E-state index in [1.54, 1.807) is 4.57 Å². The molecule has 6 aliphatic carbocycles. The van der Waals surface area contributed by atoms with E-state index < -0.39 is 17.0 Å². The molecule has 0 radical (unpaired) electrons. The predicted molar refractivity (Wildman–Crippen MR) is 157 cm³/mol. The van der Waals surface area contributed by atoms with E-state index in [0.29, 0.717) is 37.5 Å². The van der Waals surface area contributed by atoms with Crippen LogP contribution in [0.5, 0.6) is 0 Å². The zero-order valence-electron chi connectivity index (χ0n) is 23.9. The molecular formula is C32H39FN4O4S. The van der Waals surface area contributed by atoms with Gasteiger partial charge in [-0.2, -0.15) is 11.8 Å². The van der Waals surface area contributed by atoms with Crippen molar-refractivity contribution in [1.29, 1.82) is 0 Å². The van der Waals surface area contributed by atoms with Gasteiger partial charge in [0, 0.05) is 18.1 Å². The maximum atomic E-state index is 14.3. The molecule has 8 nitrogen and oxygen atoms in total. The van der Waals surface area contributed by atoms with E-state index in [-0.39, 0.29) is 57.0 Å². The highest BCUT2D eigenvalue weighted by atomic mass is 32.2. The average molecular weight is 595 g/mol. The van der Waals surface area contributed by atoms with Crippen molar-refractivity contribution in [1.82, 2.24) is 19.4 Å². The summed E-state index contributed by atoms with van der Waals surface area (Å²) >= 11 is 1.86. The second-order valence-corrected chi connectivity index (χ2v) is 16.6. The largest absolute Gasteiger partial charge is 0.390 e. The Morgan fingerprint density at radius 3 is 2.52 bits per heavy atom. The summed E-state index contributed by atoms with van der Waals surface area (Å²) in [5.74, 6) is 2.41. The predicted octanol–water partition coefficient (Wildman–Crippen LogP) is 4.09. The molecule has 7 fully saturated rings. The molecule has 224 valence electrons. The first-order valence-electron chi connectivity index (χ1n) is 16.1. The van der Waals surface area contributed by atoms with Crippen molar-refractivity contribution in [2.75, 3.05) is 11.5 Å². The van der Waals surface area contributed by atoms with Crippen molar-refractivity contribution in [3.63, 3.8) is 0 Å². The molecule has 2 N–H and O–H groups in total. The minimum atomic E-state index is -0.578. The molecule has 6 saturated carbocycles. The van der Waals surface area contributed by atoms with Gasteiger partial charge >= 0.3 is 5.69 Å². The van der Waals surface area contributed by atoms with E-state index in [1.807, 2.05) is 11.8 Å². The third-order valence-corrected chi connectivity index (χ3v) is 14.2. The zero-order chi connectivity index (χ0) is 28.6. The molecule has 4 bridgehead atoms. The van der Waals surface area contributed by atoms with Crippen molar-refractivity contribution in [3.8, 4) is 0 Å². The molecule has 2 spiro atoms. The third kappa shape index (κ3) is 3.34. The van der Waals surface area contributed by atoms with Crippen LogP contribution in [0.3, 0.4) is 0 Å². The van der Waals surface area contributed by atoms with Gasteiger partial charge < -0.3 is 10.4 Å². The fourth-order valence-corrected chi connectivity index (χ4v) is 13.3. The van der Waals surface area contributed by atoms with Crippen LogP contribution >= 0.6 is 11.8 Å². The first-order chi connectivity index (χ1) is 20.1. The standard InChI is InChI=1S/C32H39FN4O4S/c33-19-9-23-25(34-13-19)36(22-5-7-42-8-6-22)28(40)37(26(23)38)21-3-1-20(2-4-21)35-27(39)31-11-18-10-30(41)14-29(15-31)12-24(31)32(18,16-29)17-30/h9,13,18,20-22,24,41H,1-8,10-12,14-17H2,(H,35,39)/t18?,20?,21?,24?,29?,30?,31?,32-/m1/s1. The Bertz CT molecular complexity index is 1630. The summed E-state index contributed by atoms with van der Waals surface area (Å²) in [5, 5.41) is 14.9. The lowest BCUT2D eigenvalue weighted by molar-refractivity contribution is -0.140. The molecule has 2 aromatic rings. The minimum Gasteiger partial charge on any atom is -0.390 e. The number of nitrogens with zero attached hydrogens (tertiary/aromatic N) is 3. The lowest BCUT2D eigenvalue weighted by atomic mass is 9.57. The second kappa shape index (κ2) is 8.49. The molecule has 0 aromatic carbocycles. The maximum Gasteiger partial charge on any atom is 0.333 e. The quantitative estimate of drug-likeness (QED) is 0.553. The Balaban J connectivity index is 0.964. The molecule has 42 heavy (non-hydrogen) atoms. The number of amides is 1. The summed E-state index contributed by atoms with van der Waals surface area (Å²) in [6.45, 7) is 0. The number of thioether (sulfide) groups is 1. The molecule has 3 heterocycles. The van der Waals surface area contributed by atoms with Crippen molar-refractivity contribution in [2.24, 2.45) is 28.1 Å². The SMILES string of the molecule is O=C(NC1CCC(n2c(=O)c3cc(F)cnc3n(C3CCSCC3)c2=O)CC1)C12CC3CC4(O)CC5(CC1[C@@]3(C4)C5)C2. The molecule has 2 aromatic heterocycles. The van der Waals surface area contributed by atoms with E-state index in [0.717, 1.165) is 69.1 Å². The monoisotopic (exact) mass is 594 g/mol. The number of carbonyl (C=O) groups is 1. The molecule has 1 saturated heterocycles. The van der Waals surface area contributed by atoms with Gasteiger partial charge in [-0.15, -0.1) is 0 Å². The highest BCUT2D eigenvalue weighted by molar-refractivity contribution is 7.99. The number of fused-ring (bicyclic) bond motifs is 2. The van der Waals surface area contributed by atoms with Crippen molar-refractivity contribution >= 4 is 28.7 Å². The van der Waals surface area contributed by atoms with Gasteiger partial charge in [0.15, 0.2) is 0 Å². The average Bonchev–Trinajstić information content (AvgIpc) is 3.54. The van der Waals surface area contributed by atoms with Crippen LogP contribution in [-0.2, 0) is 4.79 Å². The number of carbonyl (C=O) groups excluding carboxylic acids is 1. The van der Waals surface area contributed by atoms with Crippen LogP contribution < -0.4 is 16.6 Å². The summed E-state index contributed by atoms with van der Waals surface area (Å²) < 4.78 is 17.3. The number of hydrogen-bond acceptors (Lipinski definition) is 6. The van der Waals surface area contributed by atoms with Gasteiger partial charge in [-0.05, 0) is 124 Å². The highest BCUT2D eigenvalue weighted by Gasteiger charge is 2.83. The van der Waals surface area contributed by atoms with Crippen LogP contribution in [0, 0.1) is 33.9 Å². The van der Waals surface area contributed by atoms with Gasteiger partial charge in [0.05, 0.1) is 22.6 Å². The number of halogens is 1. The van der Waals surface area contributed by atoms with Gasteiger partial charge in [0.25, 0.3) is 5.56 Å². The lowest BCUT2D eigenvalue weighted by Crippen LogP contribution is -2.53. The first kappa shape index (κ1) is 26.2. The molecule has 10 heteroatoms. The van der Waals surface area contributed by atoms with Crippen LogP contribution in [0.2, 0.25) is 0 Å². The summed E-state index contributed by atoms with van der Waals surface area (Å²) in [6, 6.07) is 0.920. The van der Waals surface area contributed by atoms with E-state index in [4.69, 9.17) is 0 Å². The zero-order valence-corrected chi connectivity index (χ0v) is 24.8. The van der Waals surface area contributed by atoms with E-state index in [2.05, 4.69) is 10.3 Å². The van der Waals surface area contributed by atoms with Gasteiger partial charge in [-0.3, -0.25) is 18.7 Å². The summed E-state index contributed by atoms with van der Waals surface area (Å²) in [5.41, 5.74) is -0.938. The van der Waals surface area contributed by atoms with Gasteiger partial charge in [-0.25, -0.2) is 14.2 Å². The normalized spacial score (nSPS) is 43.5. The van der Waals surface area contributed by atoms with Gasteiger partial charge in [0.2, 0.25) is 5.91 Å². The molecule has 7 aliphatic rings. The molecular weight excluding hydrogens is 555 g/mol. The Morgan fingerprint density at radius 1 is 0.976 bits per heavy atom. The molecule has 1 aliphatic heterocycles. The molecule has 9 rings (SSSR count). The Hall–Kier alpha value is -2.20. The summed E-state index contributed by atoms with van der Waals surface area (Å²) in [4.78, 5) is 45.9. The fraction of sp³-hybridized carbons (Fsp3) is 0.750. The Morgan fingerprint density at radius 2 is 1.74 bits per heavy atom. The summed E-state index contributed by atoms with van der Waals surface area (Å²) in [7, 11) is 0. The maximum absolute atomic E-state index is 14.3. The van der Waals surface area contributed by atoms with Crippen LogP contribution in [0.15, 0.2) is 21.9 Å². The third-order valence-electron chi connectivity index (χ3n) is 13.1.